The highest BCUT2D eigenvalue weighted by Gasteiger charge is 2.17. The van der Waals surface area contributed by atoms with Crippen LogP contribution in [0.3, 0.4) is 0 Å². The molecular formula is C22H28N4O3. The molecule has 0 spiro atoms. The molecule has 1 atom stereocenters. The number of carboxylic acid groups (broad SMARTS) is 1. The molecule has 29 heavy (non-hydrogen) atoms. The van der Waals surface area contributed by atoms with Gasteiger partial charge in [0.05, 0.1) is 0 Å². The third-order valence-corrected chi connectivity index (χ3v) is 4.58. The number of hydrogen-bond acceptors (Lipinski definition) is 5. The number of fused-ring (bicyclic) bond motifs is 1. The topological polar surface area (TPSA) is 80.5 Å². The summed E-state index contributed by atoms with van der Waals surface area (Å²) in [5.74, 6) is 0.0885. The van der Waals surface area contributed by atoms with E-state index in [9.17, 15) is 9.90 Å². The Morgan fingerprint density at radius 3 is 2.41 bits per heavy atom. The van der Waals surface area contributed by atoms with Crippen LogP contribution in [0.2, 0.25) is 0 Å². The summed E-state index contributed by atoms with van der Waals surface area (Å²) in [4.78, 5) is 18.0. The molecule has 0 radical (unpaired) electrons. The number of likely N-dealkylation sites (N-methyl/N-ethyl adjacent to an activating group) is 1. The van der Waals surface area contributed by atoms with Crippen molar-refractivity contribution in [2.75, 3.05) is 20.6 Å². The van der Waals surface area contributed by atoms with Crippen LogP contribution in [0.15, 0.2) is 36.4 Å². The molecule has 7 heteroatoms. The predicted molar refractivity (Wildman–Crippen MR) is 113 cm³/mol. The van der Waals surface area contributed by atoms with Crippen molar-refractivity contribution in [3.63, 3.8) is 0 Å². The number of aliphatic carboxylic acids is 1. The first-order valence-corrected chi connectivity index (χ1v) is 9.75. The number of rotatable bonds is 8. The van der Waals surface area contributed by atoms with Crippen LogP contribution in [-0.4, -0.2) is 57.5 Å². The maximum atomic E-state index is 11.3. The summed E-state index contributed by atoms with van der Waals surface area (Å²) >= 11 is 0. The second-order valence-corrected chi connectivity index (χ2v) is 7.88. The first kappa shape index (κ1) is 20.8. The fourth-order valence-electron chi connectivity index (χ4n) is 3.31. The lowest BCUT2D eigenvalue weighted by atomic mass is 10.1. The lowest BCUT2D eigenvalue weighted by molar-refractivity contribution is -0.137. The second kappa shape index (κ2) is 8.61. The zero-order valence-corrected chi connectivity index (χ0v) is 17.6. The van der Waals surface area contributed by atoms with E-state index in [0.29, 0.717) is 5.65 Å². The highest BCUT2D eigenvalue weighted by Crippen LogP contribution is 2.30. The van der Waals surface area contributed by atoms with Crippen LogP contribution >= 0.6 is 0 Å². The number of carbonyl (C=O) groups is 1. The van der Waals surface area contributed by atoms with Crippen molar-refractivity contribution in [1.29, 1.82) is 0 Å². The molecular weight excluding hydrogens is 368 g/mol. The Morgan fingerprint density at radius 1 is 1.14 bits per heavy atom. The number of benzene rings is 1. The largest absolute Gasteiger partial charge is 0.489 e. The fraction of sp³-hybridized carbons (Fsp3) is 0.409. The Hall–Kier alpha value is -2.93. The monoisotopic (exact) mass is 396 g/mol. The summed E-state index contributed by atoms with van der Waals surface area (Å²) < 4.78 is 7.41. The van der Waals surface area contributed by atoms with Gasteiger partial charge in [0.25, 0.3) is 0 Å². The van der Waals surface area contributed by atoms with Gasteiger partial charge < -0.3 is 14.7 Å². The zero-order valence-electron chi connectivity index (χ0n) is 17.6. The molecule has 2 aromatic heterocycles. The first-order valence-electron chi connectivity index (χ1n) is 9.75. The van der Waals surface area contributed by atoms with Crippen LogP contribution < -0.4 is 4.74 Å². The fourth-order valence-corrected chi connectivity index (χ4v) is 3.31. The van der Waals surface area contributed by atoms with Crippen molar-refractivity contribution in [3.05, 3.63) is 42.1 Å². The molecule has 0 aliphatic heterocycles. The van der Waals surface area contributed by atoms with Gasteiger partial charge in [-0.05, 0) is 63.3 Å². The highest BCUT2D eigenvalue weighted by molar-refractivity contribution is 5.92. The van der Waals surface area contributed by atoms with E-state index in [0.717, 1.165) is 34.6 Å². The van der Waals surface area contributed by atoms with Gasteiger partial charge in [-0.2, -0.15) is 5.10 Å². The number of nitrogens with zero attached hydrogens (tertiary/aromatic N) is 4. The summed E-state index contributed by atoms with van der Waals surface area (Å²) in [5.41, 5.74) is 3.12. The Kier molecular flexibility index (Phi) is 6.17. The summed E-state index contributed by atoms with van der Waals surface area (Å²) in [6.07, 6.45) is 0.0742. The van der Waals surface area contributed by atoms with Crippen LogP contribution in [0, 0.1) is 0 Å². The van der Waals surface area contributed by atoms with Crippen molar-refractivity contribution < 1.29 is 14.6 Å². The molecule has 154 valence electrons. The molecule has 0 bridgehead atoms. The van der Waals surface area contributed by atoms with Crippen molar-refractivity contribution in [2.24, 2.45) is 0 Å². The van der Waals surface area contributed by atoms with Gasteiger partial charge >= 0.3 is 5.97 Å². The van der Waals surface area contributed by atoms with E-state index >= 15 is 0 Å². The van der Waals surface area contributed by atoms with Gasteiger partial charge in [-0.15, -0.1) is 0 Å². The van der Waals surface area contributed by atoms with Crippen LogP contribution in [0.25, 0.3) is 22.3 Å². The number of hydrogen-bond donors (Lipinski definition) is 1. The number of pyridine rings is 1. The normalized spacial score (nSPS) is 12.7. The van der Waals surface area contributed by atoms with Gasteiger partial charge in [0.2, 0.25) is 0 Å². The molecule has 1 aromatic carbocycles. The van der Waals surface area contributed by atoms with Crippen molar-refractivity contribution >= 4 is 17.0 Å². The molecule has 0 aliphatic rings. The van der Waals surface area contributed by atoms with Crippen LogP contribution in [0.1, 0.15) is 32.4 Å². The van der Waals surface area contributed by atoms with E-state index in [1.165, 1.54) is 4.68 Å². The molecule has 0 saturated carbocycles. The summed E-state index contributed by atoms with van der Waals surface area (Å²) in [7, 11) is 4.03. The molecule has 1 N–H and O–H groups in total. The second-order valence-electron chi connectivity index (χ2n) is 7.88. The van der Waals surface area contributed by atoms with Crippen molar-refractivity contribution in [1.82, 2.24) is 19.7 Å². The van der Waals surface area contributed by atoms with E-state index in [4.69, 9.17) is 4.74 Å². The van der Waals surface area contributed by atoms with Crippen molar-refractivity contribution in [3.8, 4) is 17.0 Å². The minimum absolute atomic E-state index is 0.0742. The lowest BCUT2D eigenvalue weighted by Crippen LogP contribution is -2.27. The summed E-state index contributed by atoms with van der Waals surface area (Å²) in [6, 6.07) is 11.7. The summed E-state index contributed by atoms with van der Waals surface area (Å²) in [5, 5.41) is 14.7. The molecule has 0 fully saturated rings. The van der Waals surface area contributed by atoms with E-state index < -0.39 is 5.97 Å². The molecule has 0 saturated heterocycles. The quantitative estimate of drug-likeness (QED) is 0.626. The molecule has 0 amide bonds. The molecule has 3 aromatic rings. The molecule has 1 unspecified atom stereocenters. The average molecular weight is 396 g/mol. The van der Waals surface area contributed by atoms with E-state index in [2.05, 4.69) is 28.8 Å². The van der Waals surface area contributed by atoms with Crippen LogP contribution in [-0.2, 0) is 11.3 Å². The van der Waals surface area contributed by atoms with Gasteiger partial charge in [-0.3, -0.25) is 4.79 Å². The Labute approximate surface area is 170 Å². The average Bonchev–Trinajstić information content (AvgIpc) is 2.99. The smallest absolute Gasteiger partial charge is 0.325 e. The van der Waals surface area contributed by atoms with Crippen LogP contribution in [0.4, 0.5) is 0 Å². The molecule has 7 nitrogen and oxygen atoms in total. The third-order valence-electron chi connectivity index (χ3n) is 4.58. The molecule has 3 rings (SSSR count). The Balaban J connectivity index is 1.95. The van der Waals surface area contributed by atoms with Gasteiger partial charge in [0.15, 0.2) is 5.65 Å². The van der Waals surface area contributed by atoms with E-state index in [1.807, 2.05) is 57.4 Å². The Bertz CT molecular complexity index is 993. The number of carboxylic acids is 1. The number of aromatic nitrogens is 3. The molecule has 0 aliphatic carbocycles. The van der Waals surface area contributed by atoms with E-state index in [1.54, 1.807) is 0 Å². The van der Waals surface area contributed by atoms with Gasteiger partial charge in [0, 0.05) is 23.2 Å². The van der Waals surface area contributed by atoms with E-state index in [-0.39, 0.29) is 18.6 Å². The molecule has 2 heterocycles. The first-order chi connectivity index (χ1) is 13.7. The lowest BCUT2D eigenvalue weighted by Gasteiger charge is -2.18. The highest BCUT2D eigenvalue weighted by atomic mass is 16.5. The minimum atomic E-state index is -0.948. The third kappa shape index (κ3) is 4.92. The Morgan fingerprint density at radius 2 is 1.83 bits per heavy atom. The number of ether oxygens (including phenoxy) is 1. The maximum Gasteiger partial charge on any atom is 0.325 e. The summed E-state index contributed by atoms with van der Waals surface area (Å²) in [6.45, 7) is 6.75. The SMILES string of the molecule is CC(CN(C)C)Oc1ccc(-c2nn(CC(=O)O)c3nc(C(C)C)ccc23)cc1. The maximum absolute atomic E-state index is 11.3. The van der Waals surface area contributed by atoms with Gasteiger partial charge in [-0.25, -0.2) is 9.67 Å². The minimum Gasteiger partial charge on any atom is -0.489 e. The standard InChI is InChI=1S/C22H28N4O3/c1-14(2)19-11-10-18-21(24-26(13-20(27)28)22(18)23-19)16-6-8-17(9-7-16)29-15(3)12-25(4)5/h6-11,14-15H,12-13H2,1-5H3,(H,27,28). The predicted octanol–water partition coefficient (Wildman–Crippen LogP) is 3.64. The van der Waals surface area contributed by atoms with Gasteiger partial charge in [0.1, 0.15) is 24.1 Å². The van der Waals surface area contributed by atoms with Crippen LogP contribution in [0.5, 0.6) is 5.75 Å². The zero-order chi connectivity index (χ0) is 21.1. The van der Waals surface area contributed by atoms with Gasteiger partial charge in [-0.1, -0.05) is 13.8 Å². The van der Waals surface area contributed by atoms with Crippen molar-refractivity contribution in [2.45, 2.75) is 39.3 Å².